The van der Waals surface area contributed by atoms with Crippen LogP contribution in [0.1, 0.15) is 107 Å². The van der Waals surface area contributed by atoms with E-state index >= 15 is 0 Å². The van der Waals surface area contributed by atoms with Crippen LogP contribution in [-0.2, 0) is 4.74 Å². The second-order valence-electron chi connectivity index (χ2n) is 12.8. The van der Waals surface area contributed by atoms with E-state index in [1.165, 1.54) is 56.4 Å². The van der Waals surface area contributed by atoms with Crippen molar-refractivity contribution in [2.75, 3.05) is 45.8 Å². The molecular formula is C36H51N5O2. The van der Waals surface area contributed by atoms with E-state index in [0.29, 0.717) is 18.4 Å². The molecule has 2 fully saturated rings. The number of unbranched alkanes of at least 4 members (excludes halogenated alkanes) is 1. The molecule has 2 aliphatic rings. The Morgan fingerprint density at radius 1 is 0.814 bits per heavy atom. The van der Waals surface area contributed by atoms with Crippen molar-refractivity contribution in [2.24, 2.45) is 0 Å². The van der Waals surface area contributed by atoms with Crippen LogP contribution in [0.4, 0.5) is 4.79 Å². The van der Waals surface area contributed by atoms with Crippen LogP contribution in [0.5, 0.6) is 0 Å². The zero-order valence-electron chi connectivity index (χ0n) is 26.8. The Balaban J connectivity index is 0.000000248. The lowest BCUT2D eigenvalue weighted by molar-refractivity contribution is 0.0525. The summed E-state index contributed by atoms with van der Waals surface area (Å²) in [6.45, 7) is 15.1. The summed E-state index contributed by atoms with van der Waals surface area (Å²) in [6, 6.07) is 20.7. The monoisotopic (exact) mass is 585 g/mol. The molecule has 43 heavy (non-hydrogen) atoms. The first-order chi connectivity index (χ1) is 20.7. The highest BCUT2D eigenvalue weighted by atomic mass is 16.6. The van der Waals surface area contributed by atoms with E-state index in [0.717, 1.165) is 50.0 Å². The van der Waals surface area contributed by atoms with Gasteiger partial charge in [-0.05, 0) is 134 Å². The van der Waals surface area contributed by atoms with Crippen LogP contribution in [-0.4, -0.2) is 67.3 Å². The number of nitrogens with one attached hydrogen (secondary N) is 1. The van der Waals surface area contributed by atoms with Gasteiger partial charge in [0.1, 0.15) is 5.60 Å². The van der Waals surface area contributed by atoms with Crippen molar-refractivity contribution >= 4 is 6.09 Å². The van der Waals surface area contributed by atoms with E-state index in [4.69, 9.17) is 10.00 Å². The van der Waals surface area contributed by atoms with Gasteiger partial charge in [-0.3, -0.25) is 0 Å². The van der Waals surface area contributed by atoms with E-state index in [9.17, 15) is 10.1 Å². The largest absolute Gasteiger partial charge is 0.444 e. The molecule has 0 atom stereocenters. The van der Waals surface area contributed by atoms with Crippen molar-refractivity contribution in [1.82, 2.24) is 15.1 Å². The number of nitrogens with zero attached hydrogens (tertiary/aromatic N) is 4. The van der Waals surface area contributed by atoms with Crippen LogP contribution in [0.15, 0.2) is 48.5 Å². The first-order valence-corrected chi connectivity index (χ1v) is 16.1. The fraction of sp³-hybridized carbons (Fsp3) is 0.583. The van der Waals surface area contributed by atoms with Crippen LogP contribution < -0.4 is 5.32 Å². The third-order valence-corrected chi connectivity index (χ3v) is 8.36. The van der Waals surface area contributed by atoms with Crippen molar-refractivity contribution in [2.45, 2.75) is 90.1 Å². The number of hydrogen-bond acceptors (Lipinski definition) is 6. The Labute approximate surface area is 259 Å². The summed E-state index contributed by atoms with van der Waals surface area (Å²) in [4.78, 5) is 16.6. The van der Waals surface area contributed by atoms with Crippen LogP contribution >= 0.6 is 0 Å². The van der Waals surface area contributed by atoms with E-state index < -0.39 is 5.60 Å². The summed E-state index contributed by atoms with van der Waals surface area (Å²) in [5.74, 6) is 1.06. The van der Waals surface area contributed by atoms with E-state index in [1.807, 2.05) is 51.1 Å². The minimum absolute atomic E-state index is 0.348. The lowest BCUT2D eigenvalue weighted by Crippen LogP contribution is -2.37. The summed E-state index contributed by atoms with van der Waals surface area (Å²) >= 11 is 0. The molecule has 1 N–H and O–H groups in total. The van der Waals surface area contributed by atoms with Gasteiger partial charge in [0.05, 0.1) is 23.3 Å². The number of alkyl carbamates (subject to hydrolysis) is 1. The average Bonchev–Trinajstić information content (AvgIpc) is 3.02. The standard InChI is InChI=1S/C20H29N3O2.C16H22N2/c1-20(2,3)25-19(24)22-11-6-12-23-13-9-16(10-14-23)18-8-5-4-7-17(18)15-21;1-2-3-10-18-11-8-14(9-12-18)16-7-5-4-6-15(16)13-17/h4-5,7-8,16H,6,9-14H2,1-3H3,(H,22,24);4-7,14H,2-3,8-12H2,1H3. The maximum absolute atomic E-state index is 11.6. The van der Waals surface area contributed by atoms with Gasteiger partial charge >= 0.3 is 6.09 Å². The number of benzene rings is 2. The Bertz CT molecular complexity index is 1210. The molecule has 0 spiro atoms. The number of carbonyl (C=O) groups excluding carboxylic acids is 1. The molecule has 0 bridgehead atoms. The molecule has 1 amide bonds. The highest BCUT2D eigenvalue weighted by Crippen LogP contribution is 2.31. The van der Waals surface area contributed by atoms with Gasteiger partial charge in [-0.25, -0.2) is 4.79 Å². The predicted octanol–water partition coefficient (Wildman–Crippen LogP) is 7.19. The first kappa shape index (κ1) is 34.1. The summed E-state index contributed by atoms with van der Waals surface area (Å²) in [5.41, 5.74) is 3.67. The van der Waals surface area contributed by atoms with Crippen molar-refractivity contribution in [3.05, 3.63) is 70.8 Å². The number of rotatable bonds is 9. The van der Waals surface area contributed by atoms with Crippen LogP contribution in [0.25, 0.3) is 0 Å². The minimum atomic E-state index is -0.453. The number of nitriles is 2. The molecule has 7 heteroatoms. The number of carbonyl (C=O) groups is 1. The topological polar surface area (TPSA) is 92.4 Å². The SMILES string of the molecule is CC(C)(C)OC(=O)NCCCN1CCC(c2ccccc2C#N)CC1.CCCCN1CCC(c2ccccc2C#N)CC1. The number of likely N-dealkylation sites (tertiary alicyclic amines) is 2. The Morgan fingerprint density at radius 3 is 1.67 bits per heavy atom. The van der Waals surface area contributed by atoms with Gasteiger partial charge in [-0.1, -0.05) is 49.7 Å². The van der Waals surface area contributed by atoms with Gasteiger partial charge in [0, 0.05) is 6.54 Å². The third-order valence-electron chi connectivity index (χ3n) is 8.36. The molecule has 4 rings (SSSR count). The van der Waals surface area contributed by atoms with Crippen LogP contribution in [0.3, 0.4) is 0 Å². The Hall–Kier alpha value is -3.39. The van der Waals surface area contributed by atoms with Gasteiger partial charge in [0.2, 0.25) is 0 Å². The lowest BCUT2D eigenvalue weighted by Gasteiger charge is -2.32. The highest BCUT2D eigenvalue weighted by Gasteiger charge is 2.23. The lowest BCUT2D eigenvalue weighted by atomic mass is 9.87. The minimum Gasteiger partial charge on any atom is -0.444 e. The molecule has 2 saturated heterocycles. The third kappa shape index (κ3) is 11.7. The summed E-state index contributed by atoms with van der Waals surface area (Å²) in [5, 5.41) is 21.2. The van der Waals surface area contributed by atoms with Gasteiger partial charge in [-0.2, -0.15) is 10.5 Å². The normalized spacial score (nSPS) is 16.8. The molecule has 0 aromatic heterocycles. The van der Waals surface area contributed by atoms with E-state index in [1.54, 1.807) is 0 Å². The van der Waals surface area contributed by atoms with Crippen LogP contribution in [0, 0.1) is 22.7 Å². The molecule has 2 aromatic rings. The van der Waals surface area contributed by atoms with Gasteiger partial charge in [0.15, 0.2) is 0 Å². The smallest absolute Gasteiger partial charge is 0.407 e. The molecule has 2 aliphatic heterocycles. The molecular weight excluding hydrogens is 534 g/mol. The highest BCUT2D eigenvalue weighted by molar-refractivity contribution is 5.67. The predicted molar refractivity (Wildman–Crippen MR) is 173 cm³/mol. The van der Waals surface area contributed by atoms with Gasteiger partial charge in [0.25, 0.3) is 0 Å². The average molecular weight is 586 g/mol. The summed E-state index contributed by atoms with van der Waals surface area (Å²) in [6.07, 6.45) is 7.70. The maximum atomic E-state index is 11.6. The molecule has 0 unspecified atom stereocenters. The number of hydrogen-bond donors (Lipinski definition) is 1. The Kier molecular flexibility index (Phi) is 14.0. The number of ether oxygens (including phenoxy) is 1. The molecule has 232 valence electrons. The molecule has 7 nitrogen and oxygen atoms in total. The quantitative estimate of drug-likeness (QED) is 0.313. The summed E-state index contributed by atoms with van der Waals surface area (Å²) in [7, 11) is 0. The fourth-order valence-corrected chi connectivity index (χ4v) is 6.03. The molecule has 0 saturated carbocycles. The molecule has 0 aliphatic carbocycles. The second kappa shape index (κ2) is 17.7. The second-order valence-corrected chi connectivity index (χ2v) is 12.8. The van der Waals surface area contributed by atoms with E-state index in [-0.39, 0.29) is 6.09 Å². The number of piperidine rings is 2. The first-order valence-electron chi connectivity index (χ1n) is 16.1. The fourth-order valence-electron chi connectivity index (χ4n) is 6.03. The Morgan fingerprint density at radius 2 is 1.26 bits per heavy atom. The van der Waals surface area contributed by atoms with Gasteiger partial charge in [-0.15, -0.1) is 0 Å². The molecule has 2 aromatic carbocycles. The van der Waals surface area contributed by atoms with Crippen molar-refractivity contribution in [1.29, 1.82) is 10.5 Å². The molecule has 2 heterocycles. The molecule has 0 radical (unpaired) electrons. The maximum Gasteiger partial charge on any atom is 0.407 e. The zero-order valence-corrected chi connectivity index (χ0v) is 26.8. The van der Waals surface area contributed by atoms with Crippen molar-refractivity contribution in [3.8, 4) is 12.1 Å². The zero-order chi connectivity index (χ0) is 31.1. The van der Waals surface area contributed by atoms with Crippen LogP contribution in [0.2, 0.25) is 0 Å². The van der Waals surface area contributed by atoms with E-state index in [2.05, 4.69) is 52.4 Å². The van der Waals surface area contributed by atoms with Gasteiger partial charge < -0.3 is 19.9 Å². The van der Waals surface area contributed by atoms with Crippen molar-refractivity contribution < 1.29 is 9.53 Å². The summed E-state index contributed by atoms with van der Waals surface area (Å²) < 4.78 is 5.22. The van der Waals surface area contributed by atoms with Crippen molar-refractivity contribution in [3.63, 3.8) is 0 Å². The number of amides is 1.